The second-order valence-electron chi connectivity index (χ2n) is 5.05. The van der Waals surface area contributed by atoms with Crippen molar-refractivity contribution in [3.63, 3.8) is 0 Å². The number of aromatic amines is 1. The van der Waals surface area contributed by atoms with E-state index in [0.717, 1.165) is 5.69 Å². The molecule has 96 valence electrons. The quantitative estimate of drug-likeness (QED) is 0.858. The molecule has 0 atom stereocenters. The van der Waals surface area contributed by atoms with Crippen LogP contribution in [-0.2, 0) is 12.1 Å². The second kappa shape index (κ2) is 4.64. The third kappa shape index (κ3) is 2.58. The van der Waals surface area contributed by atoms with E-state index >= 15 is 0 Å². The van der Waals surface area contributed by atoms with Gasteiger partial charge in [-0.2, -0.15) is 0 Å². The number of aromatic nitrogens is 4. The molecule has 0 aliphatic rings. The smallest absolute Gasteiger partial charge is 0.293 e. The molecule has 0 unspecified atom stereocenters. The Kier molecular flexibility index (Phi) is 3.18. The van der Waals surface area contributed by atoms with Gasteiger partial charge in [-0.05, 0) is 20.8 Å². The highest BCUT2D eigenvalue weighted by Gasteiger charge is 2.16. The van der Waals surface area contributed by atoms with Crippen LogP contribution in [0.2, 0.25) is 0 Å². The standard InChI is InChI=1S/C12H17N5O/c1-12(2,3)17-5-4-14-10(11(17)18)15-7-9-6-13-8-16-9/h4-6,8H,7H2,1-3H3,(H,13,16)(H,14,15). The summed E-state index contributed by atoms with van der Waals surface area (Å²) in [6, 6.07) is 0. The van der Waals surface area contributed by atoms with E-state index in [9.17, 15) is 4.79 Å². The third-order valence-corrected chi connectivity index (χ3v) is 2.56. The summed E-state index contributed by atoms with van der Waals surface area (Å²) in [4.78, 5) is 23.1. The highest BCUT2D eigenvalue weighted by molar-refractivity contribution is 5.31. The summed E-state index contributed by atoms with van der Waals surface area (Å²) in [5.41, 5.74) is 0.525. The molecule has 0 amide bonds. The second-order valence-corrected chi connectivity index (χ2v) is 5.05. The van der Waals surface area contributed by atoms with E-state index in [-0.39, 0.29) is 11.1 Å². The molecule has 0 aliphatic carbocycles. The lowest BCUT2D eigenvalue weighted by atomic mass is 10.1. The Morgan fingerprint density at radius 1 is 1.44 bits per heavy atom. The minimum absolute atomic E-state index is 0.121. The average Bonchev–Trinajstić information content (AvgIpc) is 2.79. The highest BCUT2D eigenvalue weighted by atomic mass is 16.1. The first-order valence-corrected chi connectivity index (χ1v) is 5.78. The van der Waals surface area contributed by atoms with E-state index < -0.39 is 0 Å². The Bertz CT molecular complexity index is 565. The minimum Gasteiger partial charge on any atom is -0.360 e. The third-order valence-electron chi connectivity index (χ3n) is 2.56. The number of H-pyrrole nitrogens is 1. The number of nitrogens with zero attached hydrogens (tertiary/aromatic N) is 3. The van der Waals surface area contributed by atoms with Gasteiger partial charge in [0, 0.05) is 24.1 Å². The summed E-state index contributed by atoms with van der Waals surface area (Å²) in [6.07, 6.45) is 6.63. The van der Waals surface area contributed by atoms with Gasteiger partial charge in [-0.15, -0.1) is 0 Å². The first-order valence-electron chi connectivity index (χ1n) is 5.78. The van der Waals surface area contributed by atoms with Gasteiger partial charge in [0.15, 0.2) is 5.82 Å². The molecule has 0 bridgehead atoms. The van der Waals surface area contributed by atoms with Gasteiger partial charge in [0.1, 0.15) is 0 Å². The zero-order valence-corrected chi connectivity index (χ0v) is 10.8. The molecule has 0 aliphatic heterocycles. The van der Waals surface area contributed by atoms with Crippen molar-refractivity contribution in [2.45, 2.75) is 32.9 Å². The largest absolute Gasteiger partial charge is 0.360 e. The first kappa shape index (κ1) is 12.3. The zero-order valence-electron chi connectivity index (χ0n) is 10.8. The predicted molar refractivity (Wildman–Crippen MR) is 69.4 cm³/mol. The Hall–Kier alpha value is -2.11. The molecule has 6 heteroatoms. The molecule has 18 heavy (non-hydrogen) atoms. The maximum Gasteiger partial charge on any atom is 0.293 e. The fourth-order valence-electron chi connectivity index (χ4n) is 1.62. The molecule has 0 saturated heterocycles. The summed E-state index contributed by atoms with van der Waals surface area (Å²) in [6.45, 7) is 6.43. The van der Waals surface area contributed by atoms with E-state index in [4.69, 9.17) is 0 Å². The summed E-state index contributed by atoms with van der Waals surface area (Å²) in [7, 11) is 0. The van der Waals surface area contributed by atoms with E-state index in [1.807, 2.05) is 20.8 Å². The van der Waals surface area contributed by atoms with Crippen molar-refractivity contribution in [3.05, 3.63) is 41.0 Å². The van der Waals surface area contributed by atoms with Gasteiger partial charge in [0.25, 0.3) is 5.56 Å². The summed E-state index contributed by atoms with van der Waals surface area (Å²) in [5.74, 6) is 0.349. The van der Waals surface area contributed by atoms with Gasteiger partial charge in [0.2, 0.25) is 0 Å². The molecule has 2 aromatic heterocycles. The van der Waals surface area contributed by atoms with Crippen LogP contribution in [-0.4, -0.2) is 19.5 Å². The molecule has 6 nitrogen and oxygen atoms in total. The van der Waals surface area contributed by atoms with Crippen LogP contribution in [0.25, 0.3) is 0 Å². The molecule has 2 N–H and O–H groups in total. The lowest BCUT2D eigenvalue weighted by molar-refractivity contribution is 0.383. The van der Waals surface area contributed by atoms with Gasteiger partial charge in [-0.25, -0.2) is 9.97 Å². The van der Waals surface area contributed by atoms with Gasteiger partial charge < -0.3 is 14.9 Å². The van der Waals surface area contributed by atoms with Crippen molar-refractivity contribution in [2.24, 2.45) is 0 Å². The van der Waals surface area contributed by atoms with Crippen molar-refractivity contribution in [2.75, 3.05) is 5.32 Å². The van der Waals surface area contributed by atoms with Crippen molar-refractivity contribution >= 4 is 5.82 Å². The molecule has 2 heterocycles. The maximum absolute atomic E-state index is 12.2. The summed E-state index contributed by atoms with van der Waals surface area (Å²) in [5, 5.41) is 3.01. The minimum atomic E-state index is -0.259. The normalized spacial score (nSPS) is 11.5. The fraction of sp³-hybridized carbons (Fsp3) is 0.417. The summed E-state index contributed by atoms with van der Waals surface area (Å²) >= 11 is 0. The number of rotatable bonds is 3. The van der Waals surface area contributed by atoms with E-state index in [2.05, 4.69) is 20.3 Å². The average molecular weight is 247 g/mol. The van der Waals surface area contributed by atoms with E-state index in [1.165, 1.54) is 0 Å². The van der Waals surface area contributed by atoms with Crippen LogP contribution in [0.3, 0.4) is 0 Å². The van der Waals surface area contributed by atoms with Crippen LogP contribution in [0.1, 0.15) is 26.5 Å². The van der Waals surface area contributed by atoms with Gasteiger partial charge in [0.05, 0.1) is 18.6 Å². The van der Waals surface area contributed by atoms with Crippen LogP contribution < -0.4 is 10.9 Å². The van der Waals surface area contributed by atoms with Gasteiger partial charge >= 0.3 is 0 Å². The number of hydrogen-bond donors (Lipinski definition) is 2. The van der Waals surface area contributed by atoms with Crippen molar-refractivity contribution < 1.29 is 0 Å². The van der Waals surface area contributed by atoms with Gasteiger partial charge in [-0.1, -0.05) is 0 Å². The number of nitrogens with one attached hydrogen (secondary N) is 2. The SMILES string of the molecule is CC(C)(C)n1ccnc(NCc2cnc[nH]2)c1=O. The Morgan fingerprint density at radius 2 is 2.22 bits per heavy atom. The molecule has 2 rings (SSSR count). The Balaban J connectivity index is 2.22. The molecule has 2 aromatic rings. The fourth-order valence-corrected chi connectivity index (χ4v) is 1.62. The molecular weight excluding hydrogens is 230 g/mol. The van der Waals surface area contributed by atoms with Gasteiger partial charge in [-0.3, -0.25) is 4.79 Å². The van der Waals surface area contributed by atoms with E-state index in [0.29, 0.717) is 12.4 Å². The molecule has 0 radical (unpaired) electrons. The lowest BCUT2D eigenvalue weighted by Crippen LogP contribution is -2.35. The van der Waals surface area contributed by atoms with Crippen molar-refractivity contribution in [3.8, 4) is 0 Å². The zero-order chi connectivity index (χ0) is 13.2. The molecule has 0 aromatic carbocycles. The molecule has 0 spiro atoms. The van der Waals surface area contributed by atoms with Crippen LogP contribution >= 0.6 is 0 Å². The van der Waals surface area contributed by atoms with Crippen LogP contribution in [0, 0.1) is 0 Å². The summed E-state index contributed by atoms with van der Waals surface area (Å²) < 4.78 is 1.66. The monoisotopic (exact) mass is 247 g/mol. The van der Waals surface area contributed by atoms with E-state index in [1.54, 1.807) is 29.5 Å². The molecule has 0 saturated carbocycles. The first-order chi connectivity index (χ1) is 8.48. The number of anilines is 1. The Morgan fingerprint density at radius 3 is 2.83 bits per heavy atom. The maximum atomic E-state index is 12.2. The van der Waals surface area contributed by atoms with Crippen LogP contribution in [0.4, 0.5) is 5.82 Å². The molecule has 0 fully saturated rings. The Labute approximate surface area is 105 Å². The van der Waals surface area contributed by atoms with Crippen LogP contribution in [0.15, 0.2) is 29.7 Å². The van der Waals surface area contributed by atoms with Crippen molar-refractivity contribution in [1.82, 2.24) is 19.5 Å². The molecular formula is C12H17N5O. The number of hydrogen-bond acceptors (Lipinski definition) is 4. The topological polar surface area (TPSA) is 75.6 Å². The van der Waals surface area contributed by atoms with Crippen molar-refractivity contribution in [1.29, 1.82) is 0 Å². The predicted octanol–water partition coefficient (Wildman–Crippen LogP) is 1.33. The number of imidazole rings is 1. The highest BCUT2D eigenvalue weighted by Crippen LogP contribution is 2.10. The van der Waals surface area contributed by atoms with Crippen LogP contribution in [0.5, 0.6) is 0 Å². The lowest BCUT2D eigenvalue weighted by Gasteiger charge is -2.22.